The van der Waals surface area contributed by atoms with Crippen LogP contribution in [-0.4, -0.2) is 96.7 Å². The van der Waals surface area contributed by atoms with Crippen molar-refractivity contribution in [2.24, 2.45) is 5.92 Å². The van der Waals surface area contributed by atoms with Crippen molar-refractivity contribution in [1.29, 1.82) is 0 Å². The molecule has 0 aliphatic rings. The Morgan fingerprint density at radius 2 is 0.505 bits per heavy atom. The van der Waals surface area contributed by atoms with Gasteiger partial charge in [-0.1, -0.05) is 324 Å². The van der Waals surface area contributed by atoms with Crippen molar-refractivity contribution in [3.63, 3.8) is 0 Å². The van der Waals surface area contributed by atoms with Gasteiger partial charge in [-0.15, -0.1) is 0 Å². The first-order chi connectivity index (χ1) is 44.0. The first kappa shape index (κ1) is 89.1. The summed E-state index contributed by atoms with van der Waals surface area (Å²) in [5.41, 5.74) is 0. The van der Waals surface area contributed by atoms with Gasteiger partial charge in [-0.25, -0.2) is 9.13 Å². The molecule has 0 amide bonds. The second-order valence-corrected chi connectivity index (χ2v) is 29.4. The van der Waals surface area contributed by atoms with Gasteiger partial charge < -0.3 is 33.8 Å². The fraction of sp³-hybridized carbons (Fsp3) is 0.944. The van der Waals surface area contributed by atoms with Gasteiger partial charge in [-0.05, 0) is 31.6 Å². The zero-order valence-corrected chi connectivity index (χ0v) is 60.8. The van der Waals surface area contributed by atoms with Crippen molar-refractivity contribution < 1.29 is 80.2 Å². The second kappa shape index (κ2) is 65.4. The largest absolute Gasteiger partial charge is 0.472 e. The van der Waals surface area contributed by atoms with Crippen LogP contribution in [0, 0.1) is 5.92 Å². The highest BCUT2D eigenvalue weighted by Gasteiger charge is 2.30. The molecule has 540 valence electrons. The lowest BCUT2D eigenvalue weighted by molar-refractivity contribution is -0.161. The number of phosphoric ester groups is 2. The summed E-state index contributed by atoms with van der Waals surface area (Å²) in [5, 5.41) is 10.6. The van der Waals surface area contributed by atoms with E-state index in [9.17, 15) is 43.2 Å². The molecule has 3 N–H and O–H groups in total. The van der Waals surface area contributed by atoms with Crippen molar-refractivity contribution in [2.75, 3.05) is 39.6 Å². The number of aliphatic hydroxyl groups excluding tert-OH is 1. The number of carbonyl (C=O) groups excluding carboxylic acids is 4. The Bertz CT molecular complexity index is 1750. The van der Waals surface area contributed by atoms with Crippen LogP contribution in [0.15, 0.2) is 0 Å². The first-order valence-electron chi connectivity index (χ1n) is 37.6. The molecule has 0 aliphatic carbocycles. The van der Waals surface area contributed by atoms with E-state index in [0.717, 1.165) is 95.8 Å². The number of ether oxygens (including phenoxy) is 4. The fourth-order valence-corrected chi connectivity index (χ4v) is 12.6. The third-order valence-electron chi connectivity index (χ3n) is 16.8. The molecule has 0 aliphatic heterocycles. The van der Waals surface area contributed by atoms with E-state index in [1.807, 2.05) is 0 Å². The highest BCUT2D eigenvalue weighted by atomic mass is 31.2. The monoisotopic (exact) mass is 1340 g/mol. The SMILES string of the molecule is CCCCCCCCCCCCCCCCCCC(=O)O[C@H](COC(=O)CCCCCCCCCCCCCC(C)C)COP(=O)(O)OC[C@@H](O)COP(=O)(O)OC[C@@H](COC(=O)CCCCCCCCCCC)OC(=O)CCCCCCCCCCCCCC. The maximum atomic E-state index is 13.0. The van der Waals surface area contributed by atoms with Crippen molar-refractivity contribution in [1.82, 2.24) is 0 Å². The number of phosphoric acid groups is 2. The Morgan fingerprint density at radius 3 is 0.747 bits per heavy atom. The predicted molar refractivity (Wildman–Crippen MR) is 368 cm³/mol. The minimum absolute atomic E-state index is 0.108. The average molecular weight is 1340 g/mol. The number of aliphatic hydroxyl groups is 1. The lowest BCUT2D eigenvalue weighted by Crippen LogP contribution is -2.30. The van der Waals surface area contributed by atoms with Gasteiger partial charge in [0.15, 0.2) is 12.2 Å². The molecular weight excluding hydrogens is 1200 g/mol. The summed E-state index contributed by atoms with van der Waals surface area (Å²) in [6.45, 7) is 7.26. The van der Waals surface area contributed by atoms with E-state index in [1.165, 1.54) is 199 Å². The number of hydrogen-bond donors (Lipinski definition) is 3. The molecule has 0 heterocycles. The van der Waals surface area contributed by atoms with Crippen molar-refractivity contribution in [3.8, 4) is 0 Å². The third kappa shape index (κ3) is 66.5. The van der Waals surface area contributed by atoms with Gasteiger partial charge in [-0.2, -0.15) is 0 Å². The lowest BCUT2D eigenvalue weighted by atomic mass is 10.0. The number of hydrogen-bond acceptors (Lipinski definition) is 15. The molecule has 91 heavy (non-hydrogen) atoms. The molecule has 0 fully saturated rings. The Morgan fingerprint density at radius 1 is 0.297 bits per heavy atom. The van der Waals surface area contributed by atoms with Crippen molar-refractivity contribution in [2.45, 2.75) is 393 Å². The van der Waals surface area contributed by atoms with E-state index in [1.54, 1.807) is 0 Å². The number of unbranched alkanes of at least 4 members (excludes halogenated alkanes) is 44. The second-order valence-electron chi connectivity index (χ2n) is 26.5. The molecule has 17 nitrogen and oxygen atoms in total. The molecule has 0 aromatic rings. The van der Waals surface area contributed by atoms with Gasteiger partial charge >= 0.3 is 39.5 Å². The first-order valence-corrected chi connectivity index (χ1v) is 40.6. The maximum Gasteiger partial charge on any atom is 0.472 e. The van der Waals surface area contributed by atoms with Gasteiger partial charge in [0.1, 0.15) is 19.3 Å². The Balaban J connectivity index is 5.23. The molecule has 0 aromatic heterocycles. The molecule has 0 rings (SSSR count). The highest BCUT2D eigenvalue weighted by molar-refractivity contribution is 7.47. The standard InChI is InChI=1S/C72H140O17P2/c1-6-9-12-15-18-21-23-25-26-27-28-32-38-43-48-53-58-72(77)89-68(62-83-70(75)56-51-46-41-36-33-29-30-35-39-44-49-54-65(4)5)64-87-91(80,81)85-60-66(73)59-84-90(78,79)86-63-67(61-82-69(74)55-50-45-40-34-20-17-14-11-8-3)88-71(76)57-52-47-42-37-31-24-22-19-16-13-10-7-2/h65-68,73H,6-64H2,1-5H3,(H,78,79)(H,80,81)/t66-,67+,68+/m0/s1. The minimum Gasteiger partial charge on any atom is -0.462 e. The summed E-state index contributed by atoms with van der Waals surface area (Å²) in [6.07, 6.45) is 52.6. The quantitative estimate of drug-likeness (QED) is 0.0222. The minimum atomic E-state index is -4.95. The molecule has 0 radical (unpaired) electrons. The van der Waals surface area contributed by atoms with Crippen LogP contribution in [0.3, 0.4) is 0 Å². The summed E-state index contributed by atoms with van der Waals surface area (Å²) < 4.78 is 68.3. The zero-order chi connectivity index (χ0) is 67.0. The summed E-state index contributed by atoms with van der Waals surface area (Å²) in [5.74, 6) is -1.35. The number of esters is 4. The average Bonchev–Trinajstić information content (AvgIpc) is 2.89. The van der Waals surface area contributed by atoms with Crippen LogP contribution in [0.5, 0.6) is 0 Å². The molecule has 0 bridgehead atoms. The van der Waals surface area contributed by atoms with Gasteiger partial charge in [0.25, 0.3) is 0 Å². The Kier molecular flexibility index (Phi) is 64.0. The molecule has 0 spiro atoms. The lowest BCUT2D eigenvalue weighted by Gasteiger charge is -2.21. The fourth-order valence-electron chi connectivity index (χ4n) is 11.0. The molecular formula is C72H140O17P2. The normalized spacial score (nSPS) is 14.0. The third-order valence-corrected chi connectivity index (χ3v) is 18.7. The number of carbonyl (C=O) groups is 4. The van der Waals surface area contributed by atoms with Crippen molar-refractivity contribution >= 4 is 39.5 Å². The summed E-state index contributed by atoms with van der Waals surface area (Å²) in [7, 11) is -9.90. The van der Waals surface area contributed by atoms with Crippen LogP contribution in [0.4, 0.5) is 0 Å². The van der Waals surface area contributed by atoms with Gasteiger partial charge in [0, 0.05) is 25.7 Å². The predicted octanol–water partition coefficient (Wildman–Crippen LogP) is 20.9. The Hall–Kier alpha value is -1.94. The van der Waals surface area contributed by atoms with Gasteiger partial charge in [0.05, 0.1) is 26.4 Å². The van der Waals surface area contributed by atoms with Gasteiger partial charge in [-0.3, -0.25) is 37.3 Å². The van der Waals surface area contributed by atoms with Crippen LogP contribution in [-0.2, 0) is 65.4 Å². The number of rotatable bonds is 72. The molecule has 0 saturated heterocycles. The smallest absolute Gasteiger partial charge is 0.462 e. The molecule has 0 saturated carbocycles. The van der Waals surface area contributed by atoms with Crippen LogP contribution in [0.1, 0.15) is 375 Å². The van der Waals surface area contributed by atoms with Crippen LogP contribution in [0.2, 0.25) is 0 Å². The van der Waals surface area contributed by atoms with Crippen LogP contribution < -0.4 is 0 Å². The molecule has 0 aromatic carbocycles. The van der Waals surface area contributed by atoms with Crippen LogP contribution >= 0.6 is 15.6 Å². The summed E-state index contributed by atoms with van der Waals surface area (Å²) in [6, 6.07) is 0. The van der Waals surface area contributed by atoms with Crippen LogP contribution in [0.25, 0.3) is 0 Å². The zero-order valence-electron chi connectivity index (χ0n) is 59.0. The summed E-state index contributed by atoms with van der Waals surface area (Å²) in [4.78, 5) is 72.6. The summed E-state index contributed by atoms with van der Waals surface area (Å²) >= 11 is 0. The Labute approximate surface area is 556 Å². The van der Waals surface area contributed by atoms with E-state index in [4.69, 9.17) is 37.0 Å². The highest BCUT2D eigenvalue weighted by Crippen LogP contribution is 2.45. The van der Waals surface area contributed by atoms with E-state index in [0.29, 0.717) is 25.7 Å². The molecule has 5 atom stereocenters. The molecule has 2 unspecified atom stereocenters. The van der Waals surface area contributed by atoms with E-state index in [2.05, 4.69) is 34.6 Å². The van der Waals surface area contributed by atoms with E-state index in [-0.39, 0.29) is 25.7 Å². The van der Waals surface area contributed by atoms with E-state index >= 15 is 0 Å². The van der Waals surface area contributed by atoms with Crippen molar-refractivity contribution in [3.05, 3.63) is 0 Å². The van der Waals surface area contributed by atoms with E-state index < -0.39 is 97.5 Å². The maximum absolute atomic E-state index is 13.0. The van der Waals surface area contributed by atoms with Gasteiger partial charge in [0.2, 0.25) is 0 Å². The molecule has 19 heteroatoms. The topological polar surface area (TPSA) is 237 Å².